The molecule has 2 aliphatic carbocycles. The lowest BCUT2D eigenvalue weighted by molar-refractivity contribution is 0.413. The Balaban J connectivity index is 1.78. The summed E-state index contributed by atoms with van der Waals surface area (Å²) in [6, 6.07) is 10.1. The van der Waals surface area contributed by atoms with Crippen molar-refractivity contribution < 1.29 is 4.39 Å². The van der Waals surface area contributed by atoms with Crippen molar-refractivity contribution in [3.8, 4) is 0 Å². The fourth-order valence-electron chi connectivity index (χ4n) is 4.58. The zero-order valence-corrected chi connectivity index (χ0v) is 16.1. The highest BCUT2D eigenvalue weighted by Crippen LogP contribution is 2.51. The van der Waals surface area contributed by atoms with Gasteiger partial charge in [-0.1, -0.05) is 42.0 Å². The predicted octanol–water partition coefficient (Wildman–Crippen LogP) is 4.96. The van der Waals surface area contributed by atoms with Crippen molar-refractivity contribution in [2.75, 3.05) is 0 Å². The minimum absolute atomic E-state index is 0.0833. The van der Waals surface area contributed by atoms with E-state index in [0.717, 1.165) is 24.1 Å². The molecule has 0 saturated carbocycles. The standard InChI is InChI=1S/C24H23FN2O/c1-3-19-18-13-16(2)15-24(19,20-10-11-23(28)27-22(20)14-18)26-12-6-8-17-7-4-5-9-21(17)25/h3-13,18H,14-15H2,1-2H3,(H,27,28)/t18-,24+/m0/s1. The molecule has 1 N–H and O–H groups in total. The van der Waals surface area contributed by atoms with Crippen molar-refractivity contribution in [1.29, 1.82) is 0 Å². The van der Waals surface area contributed by atoms with Crippen molar-refractivity contribution in [3.05, 3.63) is 98.8 Å². The van der Waals surface area contributed by atoms with E-state index in [1.54, 1.807) is 36.6 Å². The quantitative estimate of drug-likeness (QED) is 0.599. The maximum Gasteiger partial charge on any atom is 0.248 e. The smallest absolute Gasteiger partial charge is 0.248 e. The van der Waals surface area contributed by atoms with Crippen LogP contribution in [0.2, 0.25) is 0 Å². The van der Waals surface area contributed by atoms with Gasteiger partial charge < -0.3 is 4.98 Å². The molecule has 2 aliphatic rings. The van der Waals surface area contributed by atoms with Crippen molar-refractivity contribution in [2.24, 2.45) is 10.9 Å². The maximum absolute atomic E-state index is 13.8. The average molecular weight is 374 g/mol. The molecule has 0 spiro atoms. The minimum atomic E-state index is -0.518. The van der Waals surface area contributed by atoms with Crippen LogP contribution in [0.25, 0.3) is 6.08 Å². The topological polar surface area (TPSA) is 45.2 Å². The Morgan fingerprint density at radius 2 is 2.07 bits per heavy atom. The lowest BCUT2D eigenvalue weighted by atomic mass is 9.63. The second-order valence-corrected chi connectivity index (χ2v) is 7.48. The largest absolute Gasteiger partial charge is 0.326 e. The first-order valence-electron chi connectivity index (χ1n) is 9.56. The van der Waals surface area contributed by atoms with E-state index < -0.39 is 5.54 Å². The van der Waals surface area contributed by atoms with Crippen LogP contribution in [0.5, 0.6) is 0 Å². The first-order valence-corrected chi connectivity index (χ1v) is 9.56. The molecule has 2 bridgehead atoms. The van der Waals surface area contributed by atoms with Gasteiger partial charge in [0, 0.05) is 41.4 Å². The molecule has 0 unspecified atom stereocenters. The fourth-order valence-corrected chi connectivity index (χ4v) is 4.58. The van der Waals surface area contributed by atoms with Gasteiger partial charge in [-0.3, -0.25) is 9.79 Å². The summed E-state index contributed by atoms with van der Waals surface area (Å²) in [5.74, 6) is -0.0199. The second kappa shape index (κ2) is 7.19. The number of hydrogen-bond donors (Lipinski definition) is 1. The number of aliphatic imine (C=N–C) groups is 1. The van der Waals surface area contributed by atoms with Crippen LogP contribution in [-0.2, 0) is 12.0 Å². The highest BCUT2D eigenvalue weighted by molar-refractivity contribution is 5.79. The summed E-state index contributed by atoms with van der Waals surface area (Å²) in [5.41, 5.74) is 4.50. The van der Waals surface area contributed by atoms with Gasteiger partial charge >= 0.3 is 0 Å². The van der Waals surface area contributed by atoms with E-state index in [2.05, 4.69) is 24.1 Å². The third kappa shape index (κ3) is 3.09. The number of allylic oxidation sites excluding steroid dienone is 3. The minimum Gasteiger partial charge on any atom is -0.326 e. The number of H-pyrrole nitrogens is 1. The molecular weight excluding hydrogens is 351 g/mol. The van der Waals surface area contributed by atoms with E-state index in [9.17, 15) is 9.18 Å². The van der Waals surface area contributed by atoms with Gasteiger partial charge in [0.1, 0.15) is 11.4 Å². The molecule has 0 saturated heterocycles. The predicted molar refractivity (Wildman–Crippen MR) is 112 cm³/mol. The van der Waals surface area contributed by atoms with Crippen LogP contribution in [0.4, 0.5) is 4.39 Å². The third-order valence-corrected chi connectivity index (χ3v) is 5.64. The van der Waals surface area contributed by atoms with Crippen LogP contribution in [0.15, 0.2) is 75.6 Å². The first-order chi connectivity index (χ1) is 13.5. The molecule has 142 valence electrons. The van der Waals surface area contributed by atoms with Gasteiger partial charge in [-0.2, -0.15) is 0 Å². The maximum atomic E-state index is 13.8. The highest BCUT2D eigenvalue weighted by atomic mass is 19.1. The summed E-state index contributed by atoms with van der Waals surface area (Å²) >= 11 is 0. The van der Waals surface area contributed by atoms with Crippen LogP contribution in [0.3, 0.4) is 0 Å². The summed E-state index contributed by atoms with van der Waals surface area (Å²) < 4.78 is 13.8. The summed E-state index contributed by atoms with van der Waals surface area (Å²) in [6.45, 7) is 4.18. The van der Waals surface area contributed by atoms with Gasteiger partial charge in [0.05, 0.1) is 0 Å². The van der Waals surface area contributed by atoms with Crippen LogP contribution in [-0.4, -0.2) is 11.2 Å². The Hall–Kier alpha value is -3.01. The van der Waals surface area contributed by atoms with Gasteiger partial charge in [-0.05, 0) is 44.1 Å². The Labute approximate surface area is 164 Å². The van der Waals surface area contributed by atoms with Crippen molar-refractivity contribution >= 4 is 12.3 Å². The molecule has 28 heavy (non-hydrogen) atoms. The van der Waals surface area contributed by atoms with Crippen molar-refractivity contribution in [2.45, 2.75) is 32.2 Å². The molecule has 1 heterocycles. The Kier molecular flexibility index (Phi) is 4.71. The van der Waals surface area contributed by atoms with E-state index in [1.165, 1.54) is 17.2 Å². The number of halogens is 1. The number of hydrogen-bond acceptors (Lipinski definition) is 2. The number of pyridine rings is 1. The average Bonchev–Trinajstić information content (AvgIpc) is 2.65. The van der Waals surface area contributed by atoms with Gasteiger partial charge in [-0.15, -0.1) is 0 Å². The Bertz CT molecular complexity index is 1090. The van der Waals surface area contributed by atoms with Crippen molar-refractivity contribution in [1.82, 2.24) is 4.98 Å². The number of fused-ring (bicyclic) bond motifs is 4. The van der Waals surface area contributed by atoms with Crippen molar-refractivity contribution in [3.63, 3.8) is 0 Å². The summed E-state index contributed by atoms with van der Waals surface area (Å²) in [4.78, 5) is 19.9. The fraction of sp³-hybridized carbons (Fsp3) is 0.250. The number of rotatable bonds is 3. The number of nitrogens with zero attached hydrogens (tertiary/aromatic N) is 1. The van der Waals surface area contributed by atoms with E-state index >= 15 is 0 Å². The number of nitrogens with one attached hydrogen (secondary N) is 1. The number of aromatic nitrogens is 1. The molecule has 0 fully saturated rings. The highest BCUT2D eigenvalue weighted by Gasteiger charge is 2.46. The zero-order chi connectivity index (χ0) is 19.7. The SMILES string of the molecule is CC=C1[C@H]2C=C(C)C[C@]1(N=CC=Cc1ccccc1F)c1ccc(=O)[nH]c1C2. The zero-order valence-electron chi connectivity index (χ0n) is 16.1. The van der Waals surface area contributed by atoms with Gasteiger partial charge in [0.2, 0.25) is 5.56 Å². The van der Waals surface area contributed by atoms with Gasteiger partial charge in [-0.25, -0.2) is 4.39 Å². The third-order valence-electron chi connectivity index (χ3n) is 5.64. The number of aromatic amines is 1. The molecule has 1 aromatic heterocycles. The summed E-state index contributed by atoms with van der Waals surface area (Å²) in [5, 5.41) is 0. The molecule has 4 heteroatoms. The molecule has 0 radical (unpaired) electrons. The van der Waals surface area contributed by atoms with E-state index in [0.29, 0.717) is 5.56 Å². The molecule has 0 amide bonds. The van der Waals surface area contributed by atoms with Crippen LogP contribution >= 0.6 is 0 Å². The monoisotopic (exact) mass is 374 g/mol. The van der Waals surface area contributed by atoms with E-state index in [1.807, 2.05) is 19.1 Å². The molecule has 2 aromatic rings. The molecule has 2 atom stereocenters. The molecule has 3 nitrogen and oxygen atoms in total. The molecule has 1 aromatic carbocycles. The van der Waals surface area contributed by atoms with Gasteiger partial charge in [0.15, 0.2) is 0 Å². The van der Waals surface area contributed by atoms with Gasteiger partial charge in [0.25, 0.3) is 0 Å². The lowest BCUT2D eigenvalue weighted by Gasteiger charge is -2.45. The van der Waals surface area contributed by atoms with E-state index in [4.69, 9.17) is 4.99 Å². The van der Waals surface area contributed by atoms with Crippen LogP contribution in [0, 0.1) is 11.7 Å². The second-order valence-electron chi connectivity index (χ2n) is 7.48. The lowest BCUT2D eigenvalue weighted by Crippen LogP contribution is -2.40. The Morgan fingerprint density at radius 3 is 2.86 bits per heavy atom. The van der Waals surface area contributed by atoms with E-state index in [-0.39, 0.29) is 17.3 Å². The molecular formula is C24H23FN2O. The normalized spacial score (nSPS) is 25.3. The summed E-state index contributed by atoms with van der Waals surface area (Å²) in [7, 11) is 0. The van der Waals surface area contributed by atoms with Crippen LogP contribution < -0.4 is 5.56 Å². The summed E-state index contributed by atoms with van der Waals surface area (Å²) in [6.07, 6.45) is 11.3. The number of benzene rings is 1. The Morgan fingerprint density at radius 1 is 1.25 bits per heavy atom. The molecule has 4 rings (SSSR count). The van der Waals surface area contributed by atoms with Crippen LogP contribution in [0.1, 0.15) is 37.1 Å². The molecule has 0 aliphatic heterocycles. The first kappa shape index (κ1) is 18.4.